The highest BCUT2D eigenvalue weighted by Crippen LogP contribution is 2.29. The molecule has 0 aliphatic rings. The van der Waals surface area contributed by atoms with Crippen LogP contribution in [0.25, 0.3) is 11.3 Å². The topological polar surface area (TPSA) is 38.1 Å². The SMILES string of the molecule is CNC(C)c1ncc(-c2ccc(Cl)c(Br)c2)o1. The number of nitrogens with zero attached hydrogens (tertiary/aromatic N) is 1. The van der Waals surface area contributed by atoms with Crippen LogP contribution in [-0.4, -0.2) is 12.0 Å². The molecule has 0 saturated heterocycles. The molecule has 0 aliphatic carbocycles. The van der Waals surface area contributed by atoms with Gasteiger partial charge in [0.1, 0.15) is 0 Å². The molecule has 1 heterocycles. The molecule has 5 heteroatoms. The first kappa shape index (κ1) is 12.6. The second-order valence-corrected chi connectivity index (χ2v) is 4.96. The van der Waals surface area contributed by atoms with Crippen molar-refractivity contribution in [3.63, 3.8) is 0 Å². The van der Waals surface area contributed by atoms with Gasteiger partial charge in [0.15, 0.2) is 5.76 Å². The van der Waals surface area contributed by atoms with Crippen LogP contribution in [0.1, 0.15) is 18.9 Å². The van der Waals surface area contributed by atoms with Crippen LogP contribution in [0.3, 0.4) is 0 Å². The van der Waals surface area contributed by atoms with Crippen LogP contribution < -0.4 is 5.32 Å². The zero-order valence-electron chi connectivity index (χ0n) is 9.50. The molecule has 2 aromatic rings. The summed E-state index contributed by atoms with van der Waals surface area (Å²) in [4.78, 5) is 4.24. The first-order chi connectivity index (χ1) is 8.11. The average molecular weight is 316 g/mol. The number of halogens is 2. The molecule has 0 saturated carbocycles. The summed E-state index contributed by atoms with van der Waals surface area (Å²) in [5.41, 5.74) is 0.948. The third-order valence-electron chi connectivity index (χ3n) is 2.53. The van der Waals surface area contributed by atoms with E-state index in [4.69, 9.17) is 16.0 Å². The van der Waals surface area contributed by atoms with Crippen molar-refractivity contribution in [3.05, 3.63) is 39.8 Å². The van der Waals surface area contributed by atoms with Gasteiger partial charge in [-0.15, -0.1) is 0 Å². The highest BCUT2D eigenvalue weighted by Gasteiger charge is 2.12. The van der Waals surface area contributed by atoms with E-state index in [1.165, 1.54) is 0 Å². The maximum Gasteiger partial charge on any atom is 0.211 e. The quantitative estimate of drug-likeness (QED) is 0.929. The molecule has 0 radical (unpaired) electrons. The second-order valence-electron chi connectivity index (χ2n) is 3.70. The van der Waals surface area contributed by atoms with Crippen LogP contribution in [0, 0.1) is 0 Å². The first-order valence-electron chi connectivity index (χ1n) is 5.20. The summed E-state index contributed by atoms with van der Waals surface area (Å²) in [6.45, 7) is 1.99. The minimum Gasteiger partial charge on any atom is -0.439 e. The summed E-state index contributed by atoms with van der Waals surface area (Å²) in [5, 5.41) is 3.76. The van der Waals surface area contributed by atoms with Crippen molar-refractivity contribution in [2.75, 3.05) is 7.05 Å². The van der Waals surface area contributed by atoms with Gasteiger partial charge in [-0.3, -0.25) is 0 Å². The standard InChI is InChI=1S/C12H12BrClN2O/c1-7(15-2)12-16-6-11(17-12)8-3-4-10(14)9(13)5-8/h3-7,15H,1-2H3. The largest absolute Gasteiger partial charge is 0.439 e. The molecule has 0 aliphatic heterocycles. The van der Waals surface area contributed by atoms with E-state index >= 15 is 0 Å². The van der Waals surface area contributed by atoms with Crippen molar-refractivity contribution >= 4 is 27.5 Å². The van der Waals surface area contributed by atoms with E-state index in [0.29, 0.717) is 10.9 Å². The van der Waals surface area contributed by atoms with Crippen molar-refractivity contribution in [1.82, 2.24) is 10.3 Å². The number of oxazole rings is 1. The second kappa shape index (κ2) is 5.21. The zero-order valence-corrected chi connectivity index (χ0v) is 11.8. The molecule has 1 unspecified atom stereocenters. The molecule has 3 nitrogen and oxygen atoms in total. The van der Waals surface area contributed by atoms with Crippen LogP contribution >= 0.6 is 27.5 Å². The van der Waals surface area contributed by atoms with E-state index in [0.717, 1.165) is 15.8 Å². The van der Waals surface area contributed by atoms with Crippen LogP contribution in [0.15, 0.2) is 33.3 Å². The summed E-state index contributed by atoms with van der Waals surface area (Å²) >= 11 is 9.33. The number of benzene rings is 1. The molecule has 1 atom stereocenters. The van der Waals surface area contributed by atoms with Gasteiger partial charge in [-0.2, -0.15) is 0 Å². The number of hydrogen-bond acceptors (Lipinski definition) is 3. The molecule has 1 aromatic heterocycles. The highest BCUT2D eigenvalue weighted by molar-refractivity contribution is 9.10. The molecule has 1 aromatic carbocycles. The summed E-state index contributed by atoms with van der Waals surface area (Å²) in [6, 6.07) is 5.74. The number of aromatic nitrogens is 1. The lowest BCUT2D eigenvalue weighted by Crippen LogP contribution is -2.12. The van der Waals surface area contributed by atoms with Crippen molar-refractivity contribution in [1.29, 1.82) is 0 Å². The van der Waals surface area contributed by atoms with Gasteiger partial charge in [-0.1, -0.05) is 11.6 Å². The minimum absolute atomic E-state index is 0.0968. The molecule has 90 valence electrons. The van der Waals surface area contributed by atoms with Crippen molar-refractivity contribution < 1.29 is 4.42 Å². The normalized spacial score (nSPS) is 12.7. The third-order valence-corrected chi connectivity index (χ3v) is 3.75. The van der Waals surface area contributed by atoms with E-state index in [1.54, 1.807) is 6.20 Å². The predicted molar refractivity (Wildman–Crippen MR) is 72.1 cm³/mol. The maximum absolute atomic E-state index is 5.94. The Hall–Kier alpha value is -0.840. The number of hydrogen-bond donors (Lipinski definition) is 1. The Kier molecular flexibility index (Phi) is 3.86. The monoisotopic (exact) mass is 314 g/mol. The Morgan fingerprint density at radius 1 is 1.47 bits per heavy atom. The van der Waals surface area contributed by atoms with Gasteiger partial charge in [0.2, 0.25) is 5.89 Å². The summed E-state index contributed by atoms with van der Waals surface area (Å²) < 4.78 is 6.52. The Morgan fingerprint density at radius 2 is 2.24 bits per heavy atom. The smallest absolute Gasteiger partial charge is 0.211 e. The molecular formula is C12H12BrClN2O. The molecule has 0 amide bonds. The fraction of sp³-hybridized carbons (Fsp3) is 0.250. The Balaban J connectivity index is 2.33. The molecule has 0 spiro atoms. The number of nitrogens with one attached hydrogen (secondary N) is 1. The van der Waals surface area contributed by atoms with Gasteiger partial charge >= 0.3 is 0 Å². The van der Waals surface area contributed by atoms with Crippen LogP contribution in [0.4, 0.5) is 0 Å². The van der Waals surface area contributed by atoms with Gasteiger partial charge in [-0.05, 0) is 48.1 Å². The molecule has 0 fully saturated rings. The van der Waals surface area contributed by atoms with E-state index in [2.05, 4.69) is 26.2 Å². The summed E-state index contributed by atoms with van der Waals surface area (Å²) in [6.07, 6.45) is 1.72. The maximum atomic E-state index is 5.94. The minimum atomic E-state index is 0.0968. The van der Waals surface area contributed by atoms with Gasteiger partial charge in [0, 0.05) is 10.0 Å². The fourth-order valence-corrected chi connectivity index (χ4v) is 1.89. The van der Waals surface area contributed by atoms with E-state index in [-0.39, 0.29) is 6.04 Å². The Morgan fingerprint density at radius 3 is 2.88 bits per heavy atom. The predicted octanol–water partition coefficient (Wildman–Crippen LogP) is 4.04. The molecule has 1 N–H and O–H groups in total. The van der Waals surface area contributed by atoms with Crippen LogP contribution in [-0.2, 0) is 0 Å². The van der Waals surface area contributed by atoms with Crippen LogP contribution in [0.5, 0.6) is 0 Å². The summed E-state index contributed by atoms with van der Waals surface area (Å²) in [5.74, 6) is 1.41. The highest BCUT2D eigenvalue weighted by atomic mass is 79.9. The van der Waals surface area contributed by atoms with E-state index in [1.807, 2.05) is 32.2 Å². The van der Waals surface area contributed by atoms with Gasteiger partial charge in [0.25, 0.3) is 0 Å². The lowest BCUT2D eigenvalue weighted by molar-refractivity contribution is 0.441. The zero-order chi connectivity index (χ0) is 12.4. The van der Waals surface area contributed by atoms with Crippen molar-refractivity contribution in [2.45, 2.75) is 13.0 Å². The molecule has 2 rings (SSSR count). The van der Waals surface area contributed by atoms with Gasteiger partial charge in [-0.25, -0.2) is 4.98 Å². The van der Waals surface area contributed by atoms with Crippen molar-refractivity contribution in [3.8, 4) is 11.3 Å². The molecule has 17 heavy (non-hydrogen) atoms. The van der Waals surface area contributed by atoms with Crippen molar-refractivity contribution in [2.24, 2.45) is 0 Å². The van der Waals surface area contributed by atoms with Gasteiger partial charge < -0.3 is 9.73 Å². The third kappa shape index (κ3) is 2.70. The van der Waals surface area contributed by atoms with E-state index in [9.17, 15) is 0 Å². The first-order valence-corrected chi connectivity index (χ1v) is 6.37. The fourth-order valence-electron chi connectivity index (χ4n) is 1.39. The van der Waals surface area contributed by atoms with E-state index < -0.39 is 0 Å². The molecular weight excluding hydrogens is 304 g/mol. The Bertz CT molecular complexity index is 527. The van der Waals surface area contributed by atoms with Crippen LogP contribution in [0.2, 0.25) is 5.02 Å². The lowest BCUT2D eigenvalue weighted by Gasteiger charge is -2.04. The summed E-state index contributed by atoms with van der Waals surface area (Å²) in [7, 11) is 1.87. The lowest BCUT2D eigenvalue weighted by atomic mass is 10.2. The molecule has 0 bridgehead atoms. The number of rotatable bonds is 3. The average Bonchev–Trinajstić information content (AvgIpc) is 2.81. The van der Waals surface area contributed by atoms with Gasteiger partial charge in [0.05, 0.1) is 17.3 Å². The Labute approximate surface area is 113 Å².